The molecular formula is C20H17N5O4. The molecule has 1 atom stereocenters. The van der Waals surface area contributed by atoms with Gasteiger partial charge in [-0.05, 0) is 44.0 Å². The molecule has 3 aromatic rings. The maximum absolute atomic E-state index is 12.7. The molecular weight excluding hydrogens is 374 g/mol. The molecule has 1 aliphatic carbocycles. The third kappa shape index (κ3) is 2.82. The van der Waals surface area contributed by atoms with Crippen LogP contribution in [0.25, 0.3) is 11.3 Å². The van der Waals surface area contributed by atoms with Crippen molar-refractivity contribution in [3.8, 4) is 11.3 Å². The van der Waals surface area contributed by atoms with Crippen molar-refractivity contribution in [3.05, 3.63) is 69.4 Å². The minimum atomic E-state index is -0.484. The number of nitro groups is 1. The second kappa shape index (κ2) is 6.40. The fraction of sp³-hybridized carbons (Fsp3) is 0.250. The molecule has 146 valence electrons. The number of anilines is 1. The first-order valence-corrected chi connectivity index (χ1v) is 9.32. The number of nitrogens with one attached hydrogen (secondary N) is 1. The van der Waals surface area contributed by atoms with Gasteiger partial charge in [-0.1, -0.05) is 0 Å². The van der Waals surface area contributed by atoms with Crippen LogP contribution in [0.4, 0.5) is 11.6 Å². The molecule has 0 saturated heterocycles. The van der Waals surface area contributed by atoms with Crippen LogP contribution in [0.5, 0.6) is 0 Å². The van der Waals surface area contributed by atoms with E-state index in [9.17, 15) is 14.9 Å². The first-order valence-electron chi connectivity index (χ1n) is 9.32. The summed E-state index contributed by atoms with van der Waals surface area (Å²) in [6.07, 6.45) is 2.08. The summed E-state index contributed by atoms with van der Waals surface area (Å²) in [5, 5.41) is 18.6. The number of benzene rings is 1. The van der Waals surface area contributed by atoms with Gasteiger partial charge in [0.1, 0.15) is 23.4 Å². The number of Topliss-reactive ketones (excluding diaryl/α,β-unsaturated/α-hetero) is 1. The summed E-state index contributed by atoms with van der Waals surface area (Å²) in [7, 11) is 0. The van der Waals surface area contributed by atoms with Crippen molar-refractivity contribution in [3.63, 3.8) is 0 Å². The summed E-state index contributed by atoms with van der Waals surface area (Å²) in [6.45, 7) is 1.80. The van der Waals surface area contributed by atoms with Crippen molar-refractivity contribution in [2.24, 2.45) is 0 Å². The minimum Gasteiger partial charge on any atom is -0.458 e. The Labute approximate surface area is 165 Å². The molecule has 2 aromatic heterocycles. The quantitative estimate of drug-likeness (QED) is 0.533. The molecule has 9 nitrogen and oxygen atoms in total. The lowest BCUT2D eigenvalue weighted by molar-refractivity contribution is -0.384. The van der Waals surface area contributed by atoms with Crippen LogP contribution in [0.2, 0.25) is 0 Å². The topological polar surface area (TPSA) is 116 Å². The van der Waals surface area contributed by atoms with E-state index in [0.29, 0.717) is 35.3 Å². The van der Waals surface area contributed by atoms with Crippen molar-refractivity contribution in [2.45, 2.75) is 32.2 Å². The summed E-state index contributed by atoms with van der Waals surface area (Å²) >= 11 is 0. The van der Waals surface area contributed by atoms with Crippen molar-refractivity contribution < 1.29 is 14.1 Å². The summed E-state index contributed by atoms with van der Waals surface area (Å²) in [4.78, 5) is 27.6. The second-order valence-corrected chi connectivity index (χ2v) is 7.13. The Morgan fingerprint density at radius 2 is 2.00 bits per heavy atom. The standard InChI is InChI=1S/C20H17N5O4/c1-11-21-20-22-14-3-2-4-15(26)18(14)19(24(20)23-11)17-10-9-16(29-17)12-5-7-13(8-6-12)25(27)28/h5-10,19H,2-4H2,1H3,(H,21,22,23). The number of nitrogens with zero attached hydrogens (tertiary/aromatic N) is 4. The number of carbonyl (C=O) groups is 1. The third-order valence-electron chi connectivity index (χ3n) is 5.23. The van der Waals surface area contributed by atoms with Gasteiger partial charge in [0.2, 0.25) is 5.95 Å². The van der Waals surface area contributed by atoms with E-state index in [1.54, 1.807) is 29.8 Å². The van der Waals surface area contributed by atoms with Crippen LogP contribution in [0, 0.1) is 17.0 Å². The predicted molar refractivity (Wildman–Crippen MR) is 103 cm³/mol. The molecule has 0 bridgehead atoms. The number of furan rings is 1. The highest BCUT2D eigenvalue weighted by atomic mass is 16.6. The largest absolute Gasteiger partial charge is 0.458 e. The molecule has 9 heteroatoms. The van der Waals surface area contributed by atoms with Gasteiger partial charge < -0.3 is 9.73 Å². The molecule has 29 heavy (non-hydrogen) atoms. The lowest BCUT2D eigenvalue weighted by Crippen LogP contribution is -2.31. The minimum absolute atomic E-state index is 0.0178. The van der Waals surface area contributed by atoms with Crippen LogP contribution in [0.3, 0.4) is 0 Å². The molecule has 1 aromatic carbocycles. The highest BCUT2D eigenvalue weighted by Crippen LogP contribution is 2.41. The summed E-state index contributed by atoms with van der Waals surface area (Å²) in [5.41, 5.74) is 2.27. The normalized spacial score (nSPS) is 18.2. The fourth-order valence-electron chi connectivity index (χ4n) is 3.93. The Morgan fingerprint density at radius 3 is 2.76 bits per heavy atom. The molecule has 0 radical (unpaired) electrons. The number of aryl methyl sites for hydroxylation is 1. The number of carbonyl (C=O) groups excluding carboxylic acids is 1. The predicted octanol–water partition coefficient (Wildman–Crippen LogP) is 3.78. The van der Waals surface area contributed by atoms with E-state index in [2.05, 4.69) is 15.4 Å². The molecule has 3 heterocycles. The Morgan fingerprint density at radius 1 is 1.21 bits per heavy atom. The molecule has 5 rings (SSSR count). The number of rotatable bonds is 3. The van der Waals surface area contributed by atoms with E-state index in [4.69, 9.17) is 4.42 Å². The molecule has 2 aliphatic rings. The Bertz CT molecular complexity index is 1170. The van der Waals surface area contributed by atoms with Gasteiger partial charge in [0.15, 0.2) is 5.78 Å². The lowest BCUT2D eigenvalue weighted by Gasteiger charge is -2.30. The molecule has 0 fully saturated rings. The highest BCUT2D eigenvalue weighted by molar-refractivity contribution is 5.99. The highest BCUT2D eigenvalue weighted by Gasteiger charge is 2.38. The van der Waals surface area contributed by atoms with E-state index in [1.165, 1.54) is 12.1 Å². The maximum atomic E-state index is 12.7. The third-order valence-corrected chi connectivity index (χ3v) is 5.23. The zero-order chi connectivity index (χ0) is 20.1. The van der Waals surface area contributed by atoms with Crippen LogP contribution in [-0.4, -0.2) is 25.5 Å². The lowest BCUT2D eigenvalue weighted by atomic mass is 9.88. The van der Waals surface area contributed by atoms with Gasteiger partial charge in [0, 0.05) is 35.4 Å². The summed E-state index contributed by atoms with van der Waals surface area (Å²) in [5.74, 6) is 2.42. The van der Waals surface area contributed by atoms with Crippen LogP contribution in [0.1, 0.15) is 36.9 Å². The first kappa shape index (κ1) is 17.4. The zero-order valence-electron chi connectivity index (χ0n) is 15.6. The van der Waals surface area contributed by atoms with Gasteiger partial charge in [-0.3, -0.25) is 14.9 Å². The van der Waals surface area contributed by atoms with Crippen LogP contribution in [-0.2, 0) is 4.79 Å². The molecule has 1 aliphatic heterocycles. The zero-order valence-corrected chi connectivity index (χ0v) is 15.6. The second-order valence-electron chi connectivity index (χ2n) is 7.13. The van der Waals surface area contributed by atoms with Gasteiger partial charge in [0.05, 0.1) is 4.92 Å². The summed E-state index contributed by atoms with van der Waals surface area (Å²) in [6, 6.07) is 9.30. The van der Waals surface area contributed by atoms with Crippen molar-refractivity contribution in [1.29, 1.82) is 0 Å². The molecule has 0 spiro atoms. The van der Waals surface area contributed by atoms with E-state index in [1.807, 2.05) is 6.07 Å². The van der Waals surface area contributed by atoms with E-state index in [0.717, 1.165) is 24.1 Å². The van der Waals surface area contributed by atoms with Gasteiger partial charge in [-0.15, -0.1) is 0 Å². The number of ketones is 1. The van der Waals surface area contributed by atoms with Crippen molar-refractivity contribution in [2.75, 3.05) is 5.32 Å². The number of hydrogen-bond acceptors (Lipinski definition) is 7. The molecule has 0 saturated carbocycles. The Kier molecular flexibility index (Phi) is 3.83. The van der Waals surface area contributed by atoms with E-state index in [-0.39, 0.29) is 11.5 Å². The Hall–Kier alpha value is -3.75. The molecule has 1 N–H and O–H groups in total. The van der Waals surface area contributed by atoms with Crippen LogP contribution >= 0.6 is 0 Å². The van der Waals surface area contributed by atoms with Gasteiger partial charge in [-0.25, -0.2) is 4.68 Å². The average molecular weight is 391 g/mol. The molecule has 1 unspecified atom stereocenters. The first-order chi connectivity index (χ1) is 14.0. The number of nitro benzene ring substituents is 1. The maximum Gasteiger partial charge on any atom is 0.269 e. The average Bonchev–Trinajstić information content (AvgIpc) is 3.32. The SMILES string of the molecule is Cc1nc2n(n1)C(c1ccc(-c3ccc([N+](=O)[O-])cc3)o1)C1=C(CCCC1=O)N2. The van der Waals surface area contributed by atoms with Gasteiger partial charge in [0.25, 0.3) is 5.69 Å². The number of fused-ring (bicyclic) bond motifs is 1. The van der Waals surface area contributed by atoms with E-state index >= 15 is 0 Å². The van der Waals surface area contributed by atoms with Crippen LogP contribution < -0.4 is 5.32 Å². The monoisotopic (exact) mass is 391 g/mol. The van der Waals surface area contributed by atoms with Crippen LogP contribution in [0.15, 0.2) is 52.1 Å². The smallest absolute Gasteiger partial charge is 0.269 e. The fourth-order valence-corrected chi connectivity index (χ4v) is 3.93. The van der Waals surface area contributed by atoms with Gasteiger partial charge in [-0.2, -0.15) is 10.1 Å². The van der Waals surface area contributed by atoms with Gasteiger partial charge >= 0.3 is 0 Å². The Balaban J connectivity index is 1.58. The summed E-state index contributed by atoms with van der Waals surface area (Å²) < 4.78 is 7.79. The molecule has 0 amide bonds. The van der Waals surface area contributed by atoms with Crippen molar-refractivity contribution in [1.82, 2.24) is 14.8 Å². The van der Waals surface area contributed by atoms with E-state index < -0.39 is 11.0 Å². The van der Waals surface area contributed by atoms with Crippen molar-refractivity contribution >= 4 is 17.4 Å². The number of allylic oxidation sites excluding steroid dienone is 2. The number of non-ortho nitro benzene ring substituents is 1. The number of aromatic nitrogens is 3. The number of hydrogen-bond donors (Lipinski definition) is 1.